The van der Waals surface area contributed by atoms with Gasteiger partial charge in [-0.3, -0.25) is 34.2 Å². The highest BCUT2D eigenvalue weighted by Gasteiger charge is 2.45. The molecule has 0 radical (unpaired) electrons. The molecule has 318 valence electrons. The summed E-state index contributed by atoms with van der Waals surface area (Å²) in [6, 6.07) is 7.64. The lowest BCUT2D eigenvalue weighted by atomic mass is 9.91. The van der Waals surface area contributed by atoms with Crippen LogP contribution >= 0.6 is 0 Å². The predicted octanol–water partition coefficient (Wildman–Crippen LogP) is 2.78. The first-order valence-electron chi connectivity index (χ1n) is 20.7. The van der Waals surface area contributed by atoms with E-state index in [-0.39, 0.29) is 48.1 Å². The van der Waals surface area contributed by atoms with Gasteiger partial charge < -0.3 is 38.8 Å². The Morgan fingerprint density at radius 1 is 0.900 bits per heavy atom. The molecule has 0 bridgehead atoms. The fraction of sp³-hybridized carbons (Fsp3) is 0.500. The van der Waals surface area contributed by atoms with E-state index in [1.165, 1.54) is 0 Å². The van der Waals surface area contributed by atoms with Gasteiger partial charge in [0, 0.05) is 69.6 Å². The average Bonchev–Trinajstić information content (AvgIpc) is 3.88. The van der Waals surface area contributed by atoms with Crippen molar-refractivity contribution in [2.24, 2.45) is 18.9 Å². The molecule has 4 aliphatic heterocycles. The van der Waals surface area contributed by atoms with Gasteiger partial charge in [-0.25, -0.2) is 4.79 Å². The first-order chi connectivity index (χ1) is 28.8. The fourth-order valence-corrected chi connectivity index (χ4v) is 9.82. The summed E-state index contributed by atoms with van der Waals surface area (Å²) in [7, 11) is 9.02. The van der Waals surface area contributed by atoms with Gasteiger partial charge in [-0.1, -0.05) is 0 Å². The molecule has 16 nitrogen and oxygen atoms in total. The highest BCUT2D eigenvalue weighted by Crippen LogP contribution is 2.40. The van der Waals surface area contributed by atoms with E-state index in [0.717, 1.165) is 66.1 Å². The Morgan fingerprint density at radius 3 is 2.37 bits per heavy atom. The number of nitrogens with zero attached hydrogens (tertiary/aromatic N) is 5. The van der Waals surface area contributed by atoms with E-state index in [9.17, 15) is 28.8 Å². The number of ether oxygens (including phenoxy) is 3. The van der Waals surface area contributed by atoms with E-state index in [0.29, 0.717) is 60.8 Å². The molecule has 1 saturated carbocycles. The molecule has 5 aliphatic rings. The smallest absolute Gasteiger partial charge is 0.317 e. The van der Waals surface area contributed by atoms with Crippen molar-refractivity contribution in [3.8, 4) is 28.4 Å². The largest absolute Gasteiger partial charge is 0.496 e. The van der Waals surface area contributed by atoms with Gasteiger partial charge in [0.15, 0.2) is 0 Å². The van der Waals surface area contributed by atoms with E-state index in [2.05, 4.69) is 20.4 Å². The molecule has 0 spiro atoms. The second-order valence-corrected chi connectivity index (χ2v) is 16.9. The quantitative estimate of drug-likeness (QED) is 0.203. The SMILES string of the molecule is COc1cc(-c2cn(C)c(=O)c3c2CCN(C(=O)NC2CCC4CN(CCCOc5ccc6c(c5)C(=O)N(C5CCC(=O)NC5=O)C6=O)CC42)C3)cc(OC)c1CN(C)C. The normalized spacial score (nSPS) is 22.5. The number of hydrogen-bond donors (Lipinski definition) is 2. The van der Waals surface area contributed by atoms with E-state index in [4.69, 9.17) is 14.2 Å². The maximum atomic E-state index is 13.8. The van der Waals surface area contributed by atoms with Gasteiger partial charge in [0.25, 0.3) is 17.4 Å². The van der Waals surface area contributed by atoms with Crippen LogP contribution in [0.25, 0.3) is 11.1 Å². The highest BCUT2D eigenvalue weighted by atomic mass is 16.5. The van der Waals surface area contributed by atoms with Crippen LogP contribution in [0.4, 0.5) is 4.79 Å². The van der Waals surface area contributed by atoms with Crippen molar-refractivity contribution in [2.45, 2.75) is 63.7 Å². The number of fused-ring (bicyclic) bond motifs is 3. The highest BCUT2D eigenvalue weighted by molar-refractivity contribution is 6.23. The molecule has 2 N–H and O–H groups in total. The van der Waals surface area contributed by atoms with E-state index >= 15 is 0 Å². The number of methoxy groups -OCH3 is 2. The lowest BCUT2D eigenvalue weighted by molar-refractivity contribution is -0.136. The number of nitrogens with one attached hydrogen (secondary N) is 2. The van der Waals surface area contributed by atoms with Crippen LogP contribution in [-0.2, 0) is 36.1 Å². The Bertz CT molecular complexity index is 2280. The van der Waals surface area contributed by atoms with Gasteiger partial charge >= 0.3 is 6.03 Å². The third kappa shape index (κ3) is 7.73. The number of piperidine rings is 1. The van der Waals surface area contributed by atoms with Gasteiger partial charge in [-0.15, -0.1) is 0 Å². The molecule has 3 fully saturated rings. The van der Waals surface area contributed by atoms with Crippen molar-refractivity contribution in [3.63, 3.8) is 0 Å². The van der Waals surface area contributed by atoms with Gasteiger partial charge in [0.2, 0.25) is 11.8 Å². The number of imide groups is 2. The van der Waals surface area contributed by atoms with Crippen LogP contribution in [0.3, 0.4) is 0 Å². The lowest BCUT2D eigenvalue weighted by Crippen LogP contribution is -2.54. The third-order valence-corrected chi connectivity index (χ3v) is 12.8. The fourth-order valence-electron chi connectivity index (χ4n) is 9.82. The zero-order chi connectivity index (χ0) is 42.4. The van der Waals surface area contributed by atoms with Crippen molar-refractivity contribution in [1.29, 1.82) is 0 Å². The minimum absolute atomic E-state index is 0.0475. The summed E-state index contributed by atoms with van der Waals surface area (Å²) in [4.78, 5) is 84.8. The second kappa shape index (κ2) is 16.7. The number of carbonyl (C=O) groups excluding carboxylic acids is 5. The minimum atomic E-state index is -1.02. The number of amides is 6. The predicted molar refractivity (Wildman–Crippen MR) is 220 cm³/mol. The Hall–Kier alpha value is -5.74. The van der Waals surface area contributed by atoms with Crippen molar-refractivity contribution >= 4 is 29.7 Å². The van der Waals surface area contributed by atoms with Crippen LogP contribution in [-0.4, -0.2) is 127 Å². The molecule has 60 heavy (non-hydrogen) atoms. The topological polar surface area (TPSA) is 172 Å². The molecule has 8 rings (SSSR count). The van der Waals surface area contributed by atoms with Crippen molar-refractivity contribution < 1.29 is 38.2 Å². The summed E-state index contributed by atoms with van der Waals surface area (Å²) < 4.78 is 19.2. The summed E-state index contributed by atoms with van der Waals surface area (Å²) in [5.41, 5.74) is 4.62. The number of urea groups is 1. The number of hydrogen-bond acceptors (Lipinski definition) is 11. The summed E-state index contributed by atoms with van der Waals surface area (Å²) in [5, 5.41) is 5.56. The number of aryl methyl sites for hydroxylation is 1. The summed E-state index contributed by atoms with van der Waals surface area (Å²) >= 11 is 0. The molecule has 5 heterocycles. The van der Waals surface area contributed by atoms with Crippen LogP contribution in [0.5, 0.6) is 17.2 Å². The van der Waals surface area contributed by atoms with Crippen LogP contribution < -0.4 is 30.4 Å². The van der Waals surface area contributed by atoms with Crippen LogP contribution in [0, 0.1) is 11.8 Å². The molecule has 16 heteroatoms. The third-order valence-electron chi connectivity index (χ3n) is 12.8. The Kier molecular flexibility index (Phi) is 11.4. The second-order valence-electron chi connectivity index (χ2n) is 16.9. The molecular weight excluding hydrogens is 771 g/mol. The summed E-state index contributed by atoms with van der Waals surface area (Å²) in [5.74, 6) is 0.527. The van der Waals surface area contributed by atoms with Crippen LogP contribution in [0.2, 0.25) is 0 Å². The maximum absolute atomic E-state index is 13.8. The van der Waals surface area contributed by atoms with Gasteiger partial charge in [-0.05, 0) is 99.5 Å². The number of rotatable bonds is 12. The molecule has 6 amide bonds. The molecule has 1 aliphatic carbocycles. The monoisotopic (exact) mass is 823 g/mol. The first kappa shape index (κ1) is 41.0. The van der Waals surface area contributed by atoms with Crippen molar-refractivity contribution in [2.75, 3.05) is 61.1 Å². The van der Waals surface area contributed by atoms with Crippen molar-refractivity contribution in [1.82, 2.24) is 34.8 Å². The molecule has 4 atom stereocenters. The average molecular weight is 824 g/mol. The molecule has 3 aromatic rings. The molecule has 2 saturated heterocycles. The minimum Gasteiger partial charge on any atom is -0.496 e. The van der Waals surface area contributed by atoms with Gasteiger partial charge in [-0.2, -0.15) is 0 Å². The number of pyridine rings is 1. The molecule has 1 aromatic heterocycles. The van der Waals surface area contributed by atoms with Crippen LogP contribution in [0.1, 0.15) is 69.5 Å². The van der Waals surface area contributed by atoms with Gasteiger partial charge in [0.1, 0.15) is 23.3 Å². The molecule has 2 aromatic carbocycles. The number of benzene rings is 2. The number of aromatic nitrogens is 1. The lowest BCUT2D eigenvalue weighted by Gasteiger charge is -2.32. The summed E-state index contributed by atoms with van der Waals surface area (Å²) in [6.45, 7) is 4.40. The van der Waals surface area contributed by atoms with Crippen molar-refractivity contribution in [3.05, 3.63) is 74.7 Å². The van der Waals surface area contributed by atoms with E-state index in [1.54, 1.807) is 48.9 Å². The zero-order valence-corrected chi connectivity index (χ0v) is 34.9. The number of likely N-dealkylation sites (tertiary alicyclic amines) is 1. The maximum Gasteiger partial charge on any atom is 0.317 e. The first-order valence-corrected chi connectivity index (χ1v) is 20.7. The van der Waals surface area contributed by atoms with Gasteiger partial charge in [0.05, 0.1) is 44.1 Å². The Labute approximate surface area is 348 Å². The Morgan fingerprint density at radius 2 is 1.65 bits per heavy atom. The Balaban J connectivity index is 0.849. The van der Waals surface area contributed by atoms with E-state index in [1.807, 2.05) is 32.4 Å². The number of carbonyl (C=O) groups is 5. The summed E-state index contributed by atoms with van der Waals surface area (Å²) in [6.07, 6.45) is 5.27. The van der Waals surface area contributed by atoms with Crippen LogP contribution in [0.15, 0.2) is 41.3 Å². The molecule has 4 unspecified atom stereocenters. The van der Waals surface area contributed by atoms with E-state index < -0.39 is 29.7 Å². The zero-order valence-electron chi connectivity index (χ0n) is 34.9. The molecular formula is C44H53N7O9. The standard InChI is InChI=1S/C44H53N7O9/c1-47(2)21-34-37(58-4)17-26(18-38(34)59-5)31-22-48(3)41(54)33-24-50(15-13-28(31)33)44(57)45-35-10-7-25-20-49(23-32(25)35)14-6-16-60-27-8-9-29-30(19-27)43(56)51(42(29)55)36-11-12-39(52)46-40(36)53/h8-9,17-19,22,25,32,35-36H,6-7,10-16,20-21,23-24H2,1-5H3,(H,45,57)(H,46,52,53).